The van der Waals surface area contributed by atoms with Crippen molar-refractivity contribution in [1.82, 2.24) is 0 Å². The third kappa shape index (κ3) is 4.92. The van der Waals surface area contributed by atoms with E-state index in [4.69, 9.17) is 9.15 Å². The average molecular weight is 458 g/mol. The molecule has 0 spiro atoms. The zero-order valence-corrected chi connectivity index (χ0v) is 15.9. The highest BCUT2D eigenvalue weighted by Crippen LogP contribution is 2.19. The van der Waals surface area contributed by atoms with Crippen LogP contribution >= 0.6 is 22.6 Å². The molecule has 130 valence electrons. The lowest BCUT2D eigenvalue weighted by molar-refractivity contribution is -0.136. The first-order valence-corrected chi connectivity index (χ1v) is 8.98. The van der Waals surface area contributed by atoms with Gasteiger partial charge in [-0.2, -0.15) is 0 Å². The number of esters is 1. The van der Waals surface area contributed by atoms with Gasteiger partial charge in [0.05, 0.1) is 0 Å². The number of ketones is 1. The minimum atomic E-state index is -0.592. The summed E-state index contributed by atoms with van der Waals surface area (Å²) in [4.78, 5) is 23.8. The number of carbonyl (C=O) groups excluding carboxylic acids is 2. The second kappa shape index (κ2) is 8.62. The first kappa shape index (κ1) is 18.1. The van der Waals surface area contributed by atoms with Gasteiger partial charge in [-0.3, -0.25) is 4.79 Å². The van der Waals surface area contributed by atoms with Crippen molar-refractivity contribution in [2.45, 2.75) is 0 Å². The molecule has 0 aliphatic rings. The summed E-state index contributed by atoms with van der Waals surface area (Å²) in [5, 5.41) is 0. The fourth-order valence-corrected chi connectivity index (χ4v) is 2.75. The Kier molecular flexibility index (Phi) is 6.01. The van der Waals surface area contributed by atoms with Crippen LogP contribution in [0.4, 0.5) is 0 Å². The Labute approximate surface area is 164 Å². The molecule has 0 bridgehead atoms. The lowest BCUT2D eigenvalue weighted by Gasteiger charge is -2.04. The molecule has 0 N–H and O–H groups in total. The largest absolute Gasteiger partial charge is 0.454 e. The van der Waals surface area contributed by atoms with Gasteiger partial charge in [0.15, 0.2) is 16.2 Å². The van der Waals surface area contributed by atoms with Crippen molar-refractivity contribution in [2.24, 2.45) is 0 Å². The molecular formula is C21H15IO4. The van der Waals surface area contributed by atoms with Crippen LogP contribution in [0.1, 0.15) is 16.1 Å². The fraction of sp³-hybridized carbons (Fsp3) is 0.0476. The summed E-state index contributed by atoms with van der Waals surface area (Å²) in [5.74, 6) is -0.293. The monoisotopic (exact) mass is 458 g/mol. The van der Waals surface area contributed by atoms with Gasteiger partial charge in [-0.05, 0) is 51.9 Å². The van der Waals surface area contributed by atoms with Gasteiger partial charge in [0, 0.05) is 11.6 Å². The van der Waals surface area contributed by atoms with E-state index in [1.165, 1.54) is 12.2 Å². The molecule has 0 aliphatic heterocycles. The van der Waals surface area contributed by atoms with Crippen LogP contribution in [0.3, 0.4) is 0 Å². The highest BCUT2D eigenvalue weighted by atomic mass is 127. The quantitative estimate of drug-likeness (QED) is 0.226. The van der Waals surface area contributed by atoms with Gasteiger partial charge in [0.1, 0.15) is 5.76 Å². The first-order chi connectivity index (χ1) is 12.6. The third-order valence-corrected chi connectivity index (χ3v) is 4.22. The lowest BCUT2D eigenvalue weighted by atomic mass is 10.0. The van der Waals surface area contributed by atoms with E-state index in [1.54, 1.807) is 24.3 Å². The maximum atomic E-state index is 12.2. The van der Waals surface area contributed by atoms with Crippen molar-refractivity contribution in [2.75, 3.05) is 6.61 Å². The Morgan fingerprint density at radius 2 is 1.62 bits per heavy atom. The summed E-state index contributed by atoms with van der Waals surface area (Å²) in [6.07, 6.45) is 2.74. The van der Waals surface area contributed by atoms with Gasteiger partial charge in [0.2, 0.25) is 0 Å². The molecule has 3 rings (SSSR count). The molecule has 0 aliphatic carbocycles. The molecule has 0 saturated carbocycles. The Balaban J connectivity index is 1.54. The first-order valence-electron chi connectivity index (χ1n) is 7.91. The smallest absolute Gasteiger partial charge is 0.331 e. The predicted molar refractivity (Wildman–Crippen MR) is 108 cm³/mol. The molecule has 1 aromatic heterocycles. The average Bonchev–Trinajstić information content (AvgIpc) is 3.10. The number of hydrogen-bond donors (Lipinski definition) is 0. The van der Waals surface area contributed by atoms with Crippen molar-refractivity contribution in [1.29, 1.82) is 0 Å². The molecule has 0 unspecified atom stereocenters. The summed E-state index contributed by atoms with van der Waals surface area (Å²) in [7, 11) is 0. The molecule has 3 aromatic rings. The zero-order chi connectivity index (χ0) is 18.4. The molecule has 1 heterocycles. The van der Waals surface area contributed by atoms with Gasteiger partial charge in [-0.25, -0.2) is 4.79 Å². The number of halogens is 1. The second-order valence-corrected chi connectivity index (χ2v) is 6.51. The lowest BCUT2D eigenvalue weighted by Crippen LogP contribution is -2.12. The number of benzene rings is 2. The van der Waals surface area contributed by atoms with Gasteiger partial charge in [-0.1, -0.05) is 54.6 Å². The van der Waals surface area contributed by atoms with Crippen LogP contribution in [-0.4, -0.2) is 18.4 Å². The maximum Gasteiger partial charge on any atom is 0.331 e. The summed E-state index contributed by atoms with van der Waals surface area (Å²) in [6, 6.07) is 20.6. The molecule has 5 heteroatoms. The predicted octanol–water partition coefficient (Wildman–Crippen LogP) is 4.99. The number of Topliss-reactive ketones (excluding diaryl/α,β-unsaturated/α-hetero) is 1. The van der Waals surface area contributed by atoms with E-state index < -0.39 is 5.97 Å². The van der Waals surface area contributed by atoms with E-state index in [1.807, 2.05) is 65.1 Å². The normalized spacial score (nSPS) is 10.8. The molecule has 0 radical (unpaired) electrons. The summed E-state index contributed by atoms with van der Waals surface area (Å²) in [5.41, 5.74) is 2.60. The molecule has 2 aromatic carbocycles. The van der Waals surface area contributed by atoms with Crippen LogP contribution in [-0.2, 0) is 9.53 Å². The molecular weight excluding hydrogens is 443 g/mol. The van der Waals surface area contributed by atoms with Crippen LogP contribution < -0.4 is 0 Å². The minimum Gasteiger partial charge on any atom is -0.454 e. The highest BCUT2D eigenvalue weighted by Gasteiger charge is 2.09. The highest BCUT2D eigenvalue weighted by molar-refractivity contribution is 14.1. The van der Waals surface area contributed by atoms with Crippen molar-refractivity contribution in [3.05, 3.63) is 87.9 Å². The molecule has 0 amide bonds. The van der Waals surface area contributed by atoms with Crippen LogP contribution in [0.5, 0.6) is 0 Å². The maximum absolute atomic E-state index is 12.2. The van der Waals surface area contributed by atoms with E-state index in [9.17, 15) is 9.59 Å². The number of ether oxygens (including phenoxy) is 1. The van der Waals surface area contributed by atoms with Gasteiger partial charge in [-0.15, -0.1) is 0 Å². The van der Waals surface area contributed by atoms with Crippen molar-refractivity contribution in [3.8, 4) is 11.1 Å². The molecule has 0 atom stereocenters. The molecule has 0 fully saturated rings. The summed E-state index contributed by atoms with van der Waals surface area (Å²) < 4.78 is 11.0. The van der Waals surface area contributed by atoms with E-state index in [-0.39, 0.29) is 12.4 Å². The van der Waals surface area contributed by atoms with E-state index in [0.29, 0.717) is 11.3 Å². The number of rotatable bonds is 6. The van der Waals surface area contributed by atoms with Crippen LogP contribution in [0.25, 0.3) is 17.2 Å². The summed E-state index contributed by atoms with van der Waals surface area (Å²) >= 11 is 2.03. The van der Waals surface area contributed by atoms with Gasteiger partial charge < -0.3 is 9.15 Å². The van der Waals surface area contributed by atoms with Crippen molar-refractivity contribution >= 4 is 40.4 Å². The minimum absolute atomic E-state index is 0.251. The van der Waals surface area contributed by atoms with Crippen molar-refractivity contribution in [3.63, 3.8) is 0 Å². The Morgan fingerprint density at radius 1 is 0.923 bits per heavy atom. The van der Waals surface area contributed by atoms with Crippen molar-refractivity contribution < 1.29 is 18.7 Å². The summed E-state index contributed by atoms with van der Waals surface area (Å²) in [6.45, 7) is -0.302. The standard InChI is InChI=1S/C21H15IO4/c22-20-12-10-18(26-20)11-13-21(24)25-14-19(23)17-8-6-16(7-9-17)15-4-2-1-3-5-15/h1-13H,14H2/b13-11+. The SMILES string of the molecule is O=C(/C=C/c1ccc(I)o1)OCC(=O)c1ccc(-c2ccccc2)cc1. The van der Waals surface area contributed by atoms with Crippen LogP contribution in [0, 0.1) is 3.77 Å². The number of hydrogen-bond acceptors (Lipinski definition) is 4. The fourth-order valence-electron chi connectivity index (χ4n) is 2.32. The van der Waals surface area contributed by atoms with Gasteiger partial charge >= 0.3 is 5.97 Å². The number of carbonyl (C=O) groups is 2. The van der Waals surface area contributed by atoms with E-state index in [2.05, 4.69) is 0 Å². The molecule has 0 saturated heterocycles. The molecule has 26 heavy (non-hydrogen) atoms. The van der Waals surface area contributed by atoms with Crippen LogP contribution in [0.2, 0.25) is 0 Å². The second-order valence-electron chi connectivity index (χ2n) is 5.45. The Morgan fingerprint density at radius 3 is 2.27 bits per heavy atom. The Bertz CT molecular complexity index is 924. The van der Waals surface area contributed by atoms with E-state index in [0.717, 1.165) is 14.9 Å². The topological polar surface area (TPSA) is 56.5 Å². The number of furan rings is 1. The third-order valence-electron chi connectivity index (χ3n) is 3.64. The molecule has 4 nitrogen and oxygen atoms in total. The van der Waals surface area contributed by atoms with Gasteiger partial charge in [0.25, 0.3) is 0 Å². The van der Waals surface area contributed by atoms with E-state index >= 15 is 0 Å². The Hall–Kier alpha value is -2.67. The van der Waals surface area contributed by atoms with Crippen LogP contribution in [0.15, 0.2) is 77.2 Å². The zero-order valence-electron chi connectivity index (χ0n) is 13.7.